The van der Waals surface area contributed by atoms with Crippen LogP contribution in [0.3, 0.4) is 0 Å². The maximum absolute atomic E-state index is 11.0. The minimum atomic E-state index is -0.827. The zero-order valence-corrected chi connectivity index (χ0v) is 12.8. The fourth-order valence-electron chi connectivity index (χ4n) is 1.74. The van der Waals surface area contributed by atoms with Gasteiger partial charge in [0.2, 0.25) is 0 Å². The molecule has 1 atom stereocenters. The molecule has 2 rings (SSSR count). The van der Waals surface area contributed by atoms with Gasteiger partial charge in [-0.1, -0.05) is 35.3 Å². The first-order valence-corrected chi connectivity index (χ1v) is 7.57. The molecular formula is C15H12Cl2O2S. The van der Waals surface area contributed by atoms with E-state index >= 15 is 0 Å². The van der Waals surface area contributed by atoms with Crippen molar-refractivity contribution in [1.82, 2.24) is 0 Å². The Morgan fingerprint density at radius 2 is 1.50 bits per heavy atom. The molecule has 2 aromatic carbocycles. The molecule has 2 nitrogen and oxygen atoms in total. The third kappa shape index (κ3) is 4.44. The predicted molar refractivity (Wildman–Crippen MR) is 83.8 cm³/mol. The molecule has 0 aliphatic heterocycles. The van der Waals surface area contributed by atoms with Crippen LogP contribution >= 0.6 is 35.0 Å². The fraction of sp³-hybridized carbons (Fsp3) is 0.133. The Morgan fingerprint density at radius 3 is 2.00 bits per heavy atom. The fourth-order valence-corrected chi connectivity index (χ4v) is 3.13. The first kappa shape index (κ1) is 15.2. The van der Waals surface area contributed by atoms with E-state index in [0.29, 0.717) is 10.0 Å². The molecule has 0 spiro atoms. The minimum absolute atomic E-state index is 0.0505. The number of aliphatic carboxylic acids is 1. The number of rotatable bonds is 5. The summed E-state index contributed by atoms with van der Waals surface area (Å²) in [7, 11) is 0. The summed E-state index contributed by atoms with van der Waals surface area (Å²) >= 11 is 13.2. The van der Waals surface area contributed by atoms with Crippen molar-refractivity contribution in [2.24, 2.45) is 0 Å². The molecule has 0 heterocycles. The molecule has 0 saturated carbocycles. The van der Waals surface area contributed by atoms with Gasteiger partial charge in [0.05, 0.1) is 6.42 Å². The van der Waals surface area contributed by atoms with Crippen molar-refractivity contribution in [3.63, 3.8) is 0 Å². The van der Waals surface area contributed by atoms with Gasteiger partial charge in [0.25, 0.3) is 0 Å². The molecule has 2 aromatic rings. The summed E-state index contributed by atoms with van der Waals surface area (Å²) in [5, 5.41) is 10.2. The molecule has 0 radical (unpaired) electrons. The van der Waals surface area contributed by atoms with Gasteiger partial charge in [-0.05, 0) is 42.0 Å². The topological polar surface area (TPSA) is 37.3 Å². The highest BCUT2D eigenvalue weighted by molar-refractivity contribution is 7.99. The number of carbonyl (C=O) groups is 1. The number of carboxylic acids is 1. The quantitative estimate of drug-likeness (QED) is 0.757. The average Bonchev–Trinajstić information content (AvgIpc) is 2.41. The van der Waals surface area contributed by atoms with E-state index in [0.717, 1.165) is 10.5 Å². The highest BCUT2D eigenvalue weighted by atomic mass is 35.5. The lowest BCUT2D eigenvalue weighted by Crippen LogP contribution is -2.03. The minimum Gasteiger partial charge on any atom is -0.481 e. The Balaban J connectivity index is 2.21. The summed E-state index contributed by atoms with van der Waals surface area (Å²) in [6, 6.07) is 14.6. The zero-order chi connectivity index (χ0) is 14.5. The van der Waals surface area contributed by atoms with Crippen LogP contribution in [0.25, 0.3) is 0 Å². The Morgan fingerprint density at radius 1 is 1.00 bits per heavy atom. The summed E-state index contributed by atoms with van der Waals surface area (Å²) in [5.74, 6) is -0.827. The second kappa shape index (κ2) is 7.02. The monoisotopic (exact) mass is 326 g/mol. The molecule has 104 valence electrons. The molecule has 0 aliphatic rings. The molecule has 1 N–H and O–H groups in total. The SMILES string of the molecule is O=C(O)CC(Sc1ccc(Cl)cc1)c1ccc(Cl)cc1. The van der Waals surface area contributed by atoms with E-state index < -0.39 is 5.97 Å². The van der Waals surface area contributed by atoms with Crippen molar-refractivity contribution in [3.8, 4) is 0 Å². The van der Waals surface area contributed by atoms with E-state index in [1.807, 2.05) is 24.3 Å². The van der Waals surface area contributed by atoms with Gasteiger partial charge in [-0.2, -0.15) is 0 Å². The molecule has 0 aromatic heterocycles. The first-order chi connectivity index (χ1) is 9.54. The van der Waals surface area contributed by atoms with Crippen LogP contribution in [0, 0.1) is 0 Å². The molecule has 0 saturated heterocycles. The lowest BCUT2D eigenvalue weighted by molar-refractivity contribution is -0.137. The number of halogens is 2. The van der Waals surface area contributed by atoms with Crippen LogP contribution in [0.4, 0.5) is 0 Å². The molecule has 0 amide bonds. The molecule has 20 heavy (non-hydrogen) atoms. The smallest absolute Gasteiger partial charge is 0.304 e. The van der Waals surface area contributed by atoms with E-state index in [1.165, 1.54) is 11.8 Å². The number of carboxylic acid groups (broad SMARTS) is 1. The van der Waals surface area contributed by atoms with Crippen LogP contribution in [-0.4, -0.2) is 11.1 Å². The van der Waals surface area contributed by atoms with E-state index in [2.05, 4.69) is 0 Å². The number of hydrogen-bond acceptors (Lipinski definition) is 2. The number of thioether (sulfide) groups is 1. The third-order valence-electron chi connectivity index (χ3n) is 2.69. The maximum Gasteiger partial charge on any atom is 0.304 e. The predicted octanol–water partition coefficient (Wildman–Crippen LogP) is 5.30. The maximum atomic E-state index is 11.0. The van der Waals surface area contributed by atoms with Gasteiger partial charge in [0, 0.05) is 20.2 Å². The van der Waals surface area contributed by atoms with Crippen LogP contribution in [0.2, 0.25) is 10.0 Å². The van der Waals surface area contributed by atoms with Gasteiger partial charge in [-0.25, -0.2) is 0 Å². The van der Waals surface area contributed by atoms with Gasteiger partial charge in [-0.15, -0.1) is 11.8 Å². The van der Waals surface area contributed by atoms with Gasteiger partial charge in [0.1, 0.15) is 0 Å². The second-order valence-electron chi connectivity index (χ2n) is 4.21. The normalized spacial score (nSPS) is 12.1. The van der Waals surface area contributed by atoms with Crippen molar-refractivity contribution < 1.29 is 9.90 Å². The van der Waals surface area contributed by atoms with Crippen molar-refractivity contribution in [2.45, 2.75) is 16.6 Å². The van der Waals surface area contributed by atoms with Gasteiger partial charge in [0.15, 0.2) is 0 Å². The Bertz CT molecular complexity index is 582. The zero-order valence-electron chi connectivity index (χ0n) is 10.4. The Kier molecular flexibility index (Phi) is 5.35. The largest absolute Gasteiger partial charge is 0.481 e. The average molecular weight is 327 g/mol. The van der Waals surface area contributed by atoms with Crippen molar-refractivity contribution >= 4 is 40.9 Å². The molecule has 0 bridgehead atoms. The van der Waals surface area contributed by atoms with Crippen LogP contribution in [0.1, 0.15) is 17.2 Å². The standard InChI is InChI=1S/C15H12Cl2O2S/c16-11-3-1-10(2-4-11)14(9-15(18)19)20-13-7-5-12(17)6-8-13/h1-8,14H,9H2,(H,18,19). The van der Waals surface area contributed by atoms with Gasteiger partial charge in [-0.3, -0.25) is 4.79 Å². The molecule has 0 fully saturated rings. The van der Waals surface area contributed by atoms with Crippen molar-refractivity contribution in [2.75, 3.05) is 0 Å². The molecule has 1 unspecified atom stereocenters. The summed E-state index contributed by atoms with van der Waals surface area (Å²) in [6.07, 6.45) is 0.0505. The van der Waals surface area contributed by atoms with Crippen LogP contribution < -0.4 is 0 Å². The Labute approximate surface area is 131 Å². The van der Waals surface area contributed by atoms with E-state index in [4.69, 9.17) is 28.3 Å². The third-order valence-corrected chi connectivity index (χ3v) is 4.47. The first-order valence-electron chi connectivity index (χ1n) is 5.94. The van der Waals surface area contributed by atoms with Crippen molar-refractivity contribution in [1.29, 1.82) is 0 Å². The highest BCUT2D eigenvalue weighted by Crippen LogP contribution is 2.38. The summed E-state index contributed by atoms with van der Waals surface area (Å²) in [6.45, 7) is 0. The summed E-state index contributed by atoms with van der Waals surface area (Å²) < 4.78 is 0. The van der Waals surface area contributed by atoms with Gasteiger partial charge < -0.3 is 5.11 Å². The van der Waals surface area contributed by atoms with Gasteiger partial charge >= 0.3 is 5.97 Å². The lowest BCUT2D eigenvalue weighted by atomic mass is 10.1. The number of hydrogen-bond donors (Lipinski definition) is 1. The molecule has 0 aliphatic carbocycles. The van der Waals surface area contributed by atoms with Crippen molar-refractivity contribution in [3.05, 3.63) is 64.1 Å². The Hall–Kier alpha value is -1.16. The summed E-state index contributed by atoms with van der Waals surface area (Å²) in [5.41, 5.74) is 0.941. The number of benzene rings is 2. The highest BCUT2D eigenvalue weighted by Gasteiger charge is 2.17. The van der Waals surface area contributed by atoms with E-state index in [1.54, 1.807) is 24.3 Å². The van der Waals surface area contributed by atoms with Crippen LogP contribution in [0.5, 0.6) is 0 Å². The molecular weight excluding hydrogens is 315 g/mol. The lowest BCUT2D eigenvalue weighted by Gasteiger charge is -2.15. The molecule has 5 heteroatoms. The second-order valence-corrected chi connectivity index (χ2v) is 6.36. The van der Waals surface area contributed by atoms with E-state index in [9.17, 15) is 4.79 Å². The van der Waals surface area contributed by atoms with Crippen LogP contribution in [0.15, 0.2) is 53.4 Å². The van der Waals surface area contributed by atoms with Crippen LogP contribution in [-0.2, 0) is 4.79 Å². The summed E-state index contributed by atoms with van der Waals surface area (Å²) in [4.78, 5) is 12.0. The van der Waals surface area contributed by atoms with E-state index in [-0.39, 0.29) is 11.7 Å².